The largest absolute Gasteiger partial charge is 0.451 e. The molecule has 0 fully saturated rings. The Morgan fingerprint density at radius 3 is 2.86 bits per heavy atom. The Morgan fingerprint density at radius 1 is 1.32 bits per heavy atom. The van der Waals surface area contributed by atoms with Crippen molar-refractivity contribution in [2.24, 2.45) is 5.92 Å². The second kappa shape index (κ2) is 7.75. The second-order valence-corrected chi connectivity index (χ2v) is 5.55. The molecular weight excluding hydrogens is 282 g/mol. The Balaban J connectivity index is 1.89. The molecule has 0 unspecified atom stereocenters. The van der Waals surface area contributed by atoms with Crippen LogP contribution in [0.3, 0.4) is 0 Å². The van der Waals surface area contributed by atoms with Gasteiger partial charge in [-0.3, -0.25) is 9.59 Å². The van der Waals surface area contributed by atoms with Gasteiger partial charge in [-0.2, -0.15) is 0 Å². The summed E-state index contributed by atoms with van der Waals surface area (Å²) in [4.78, 5) is 23.9. The van der Waals surface area contributed by atoms with Crippen molar-refractivity contribution in [1.29, 1.82) is 0 Å². The number of hydrogen-bond donors (Lipinski definition) is 1. The number of carbonyl (C=O) groups is 1. The zero-order valence-electron chi connectivity index (χ0n) is 12.9. The monoisotopic (exact) mass is 303 g/mol. The minimum atomic E-state index is -0.383. The Morgan fingerprint density at radius 2 is 2.09 bits per heavy atom. The zero-order chi connectivity index (χ0) is 15.9. The number of benzene rings is 1. The second-order valence-electron chi connectivity index (χ2n) is 5.55. The summed E-state index contributed by atoms with van der Waals surface area (Å²) in [6, 6.07) is 8.10. The summed E-state index contributed by atoms with van der Waals surface area (Å²) in [7, 11) is 0. The van der Waals surface area contributed by atoms with Crippen molar-refractivity contribution in [2.45, 2.75) is 20.3 Å². The van der Waals surface area contributed by atoms with E-state index in [0.717, 1.165) is 6.42 Å². The van der Waals surface area contributed by atoms with Crippen LogP contribution in [0, 0.1) is 5.92 Å². The molecule has 2 rings (SSSR count). The highest BCUT2D eigenvalue weighted by Crippen LogP contribution is 2.11. The van der Waals surface area contributed by atoms with Gasteiger partial charge in [0.25, 0.3) is 5.91 Å². The highest BCUT2D eigenvalue weighted by Gasteiger charge is 2.11. The van der Waals surface area contributed by atoms with E-state index in [1.165, 1.54) is 6.07 Å². The standard InChI is InChI=1S/C17H21NO4/c1-12(2)11-21-9-5-8-18-17(20)16-10-14(19)13-6-3-4-7-15(13)22-16/h3-4,6-7,10,12H,5,8-9,11H2,1-2H3,(H,18,20). The zero-order valence-corrected chi connectivity index (χ0v) is 12.9. The predicted molar refractivity (Wildman–Crippen MR) is 85.1 cm³/mol. The number of carbonyl (C=O) groups excluding carboxylic acids is 1. The molecule has 5 nitrogen and oxygen atoms in total. The van der Waals surface area contributed by atoms with E-state index in [1.54, 1.807) is 24.3 Å². The number of fused-ring (bicyclic) bond motifs is 1. The molecule has 0 bridgehead atoms. The summed E-state index contributed by atoms with van der Waals surface area (Å²) in [6.07, 6.45) is 0.719. The summed E-state index contributed by atoms with van der Waals surface area (Å²) in [6.45, 7) is 5.97. The van der Waals surface area contributed by atoms with Gasteiger partial charge in [0, 0.05) is 25.8 Å². The van der Waals surface area contributed by atoms with Crippen LogP contribution in [0.2, 0.25) is 0 Å². The van der Waals surface area contributed by atoms with Crippen molar-refractivity contribution in [1.82, 2.24) is 5.32 Å². The summed E-state index contributed by atoms with van der Waals surface area (Å²) >= 11 is 0. The number of para-hydroxylation sites is 1. The van der Waals surface area contributed by atoms with Crippen molar-refractivity contribution >= 4 is 16.9 Å². The summed E-state index contributed by atoms with van der Waals surface area (Å²) < 4.78 is 10.9. The number of rotatable bonds is 7. The molecule has 5 heteroatoms. The van der Waals surface area contributed by atoms with Crippen LogP contribution >= 0.6 is 0 Å². The van der Waals surface area contributed by atoms with Gasteiger partial charge < -0.3 is 14.5 Å². The maximum absolute atomic E-state index is 12.0. The average molecular weight is 303 g/mol. The van der Waals surface area contributed by atoms with Gasteiger partial charge in [0.1, 0.15) is 5.58 Å². The lowest BCUT2D eigenvalue weighted by Crippen LogP contribution is -2.26. The first kappa shape index (κ1) is 16.2. The molecule has 118 valence electrons. The summed E-state index contributed by atoms with van der Waals surface area (Å²) in [5.41, 5.74) is 0.202. The van der Waals surface area contributed by atoms with Crippen molar-refractivity contribution in [3.8, 4) is 0 Å². The van der Waals surface area contributed by atoms with E-state index in [-0.39, 0.29) is 17.1 Å². The van der Waals surface area contributed by atoms with Crippen molar-refractivity contribution < 1.29 is 13.9 Å². The van der Waals surface area contributed by atoms with Crippen LogP contribution in [0.25, 0.3) is 11.0 Å². The molecule has 0 spiro atoms. The maximum atomic E-state index is 12.0. The van der Waals surface area contributed by atoms with E-state index in [4.69, 9.17) is 9.15 Å². The van der Waals surface area contributed by atoms with Gasteiger partial charge in [-0.25, -0.2) is 0 Å². The molecule has 0 atom stereocenters. The van der Waals surface area contributed by atoms with Gasteiger partial charge >= 0.3 is 0 Å². The fourth-order valence-corrected chi connectivity index (χ4v) is 2.00. The van der Waals surface area contributed by atoms with Crippen molar-refractivity contribution in [3.63, 3.8) is 0 Å². The van der Waals surface area contributed by atoms with Gasteiger partial charge in [-0.05, 0) is 24.5 Å². The molecule has 0 radical (unpaired) electrons. The normalized spacial score (nSPS) is 11.0. The molecule has 1 heterocycles. The van der Waals surface area contributed by atoms with E-state index in [1.807, 2.05) is 0 Å². The third-order valence-corrected chi connectivity index (χ3v) is 3.06. The van der Waals surface area contributed by atoms with Crippen LogP contribution in [-0.4, -0.2) is 25.7 Å². The molecule has 0 saturated heterocycles. The first-order valence-electron chi connectivity index (χ1n) is 7.47. The average Bonchev–Trinajstić information content (AvgIpc) is 2.50. The first-order chi connectivity index (χ1) is 10.6. The van der Waals surface area contributed by atoms with E-state index < -0.39 is 0 Å². The number of amides is 1. The van der Waals surface area contributed by atoms with E-state index in [9.17, 15) is 9.59 Å². The molecular formula is C17H21NO4. The Kier molecular flexibility index (Phi) is 5.72. The van der Waals surface area contributed by atoms with Gasteiger partial charge in [0.2, 0.25) is 0 Å². The van der Waals surface area contributed by atoms with E-state index in [0.29, 0.717) is 36.6 Å². The molecule has 0 aliphatic heterocycles. The Hall–Kier alpha value is -2.14. The van der Waals surface area contributed by atoms with Crippen LogP contribution in [0.1, 0.15) is 30.8 Å². The maximum Gasteiger partial charge on any atom is 0.287 e. The fraction of sp³-hybridized carbons (Fsp3) is 0.412. The van der Waals surface area contributed by atoms with Crippen LogP contribution in [0.15, 0.2) is 39.5 Å². The number of nitrogens with one attached hydrogen (secondary N) is 1. The molecule has 1 amide bonds. The smallest absolute Gasteiger partial charge is 0.287 e. The van der Waals surface area contributed by atoms with E-state index in [2.05, 4.69) is 19.2 Å². The lowest BCUT2D eigenvalue weighted by Gasteiger charge is -2.07. The number of ether oxygens (including phenoxy) is 1. The molecule has 1 N–H and O–H groups in total. The van der Waals surface area contributed by atoms with Crippen molar-refractivity contribution in [2.75, 3.05) is 19.8 Å². The molecule has 0 aliphatic rings. The molecule has 0 aliphatic carbocycles. The highest BCUT2D eigenvalue weighted by molar-refractivity contribution is 5.93. The summed E-state index contributed by atoms with van der Waals surface area (Å²) in [5, 5.41) is 3.20. The van der Waals surface area contributed by atoms with Crippen LogP contribution in [0.4, 0.5) is 0 Å². The van der Waals surface area contributed by atoms with Gasteiger partial charge in [-0.1, -0.05) is 26.0 Å². The lowest BCUT2D eigenvalue weighted by molar-refractivity contribution is 0.0901. The molecule has 1 aromatic carbocycles. The lowest BCUT2D eigenvalue weighted by atomic mass is 10.2. The Labute approximate surface area is 129 Å². The predicted octanol–water partition coefficient (Wildman–Crippen LogP) is 2.59. The quantitative estimate of drug-likeness (QED) is 0.798. The van der Waals surface area contributed by atoms with Gasteiger partial charge in [-0.15, -0.1) is 0 Å². The SMILES string of the molecule is CC(C)COCCCNC(=O)c1cc(=O)c2ccccc2o1. The highest BCUT2D eigenvalue weighted by atomic mass is 16.5. The summed E-state index contributed by atoms with van der Waals surface area (Å²) in [5.74, 6) is 0.153. The third kappa shape index (κ3) is 4.43. The topological polar surface area (TPSA) is 68.5 Å². The fourth-order valence-electron chi connectivity index (χ4n) is 2.00. The number of hydrogen-bond acceptors (Lipinski definition) is 4. The third-order valence-electron chi connectivity index (χ3n) is 3.06. The molecule has 0 saturated carbocycles. The Bertz CT molecular complexity index is 690. The van der Waals surface area contributed by atoms with Crippen LogP contribution in [-0.2, 0) is 4.74 Å². The minimum Gasteiger partial charge on any atom is -0.451 e. The van der Waals surface area contributed by atoms with Crippen molar-refractivity contribution in [3.05, 3.63) is 46.3 Å². The van der Waals surface area contributed by atoms with Crippen LogP contribution in [0.5, 0.6) is 0 Å². The molecule has 1 aromatic heterocycles. The van der Waals surface area contributed by atoms with Gasteiger partial charge in [0.05, 0.1) is 5.39 Å². The molecule has 22 heavy (non-hydrogen) atoms. The van der Waals surface area contributed by atoms with Gasteiger partial charge in [0.15, 0.2) is 11.2 Å². The molecule has 2 aromatic rings. The van der Waals surface area contributed by atoms with Crippen LogP contribution < -0.4 is 10.7 Å². The van der Waals surface area contributed by atoms with E-state index >= 15 is 0 Å². The first-order valence-corrected chi connectivity index (χ1v) is 7.47. The minimum absolute atomic E-state index is 0.0341.